The molecule has 0 fully saturated rings. The van der Waals surface area contributed by atoms with Gasteiger partial charge in [-0.05, 0) is 24.2 Å². The van der Waals surface area contributed by atoms with E-state index in [1.165, 1.54) is 11.1 Å². The van der Waals surface area contributed by atoms with Gasteiger partial charge in [0.15, 0.2) is 5.96 Å². The Balaban J connectivity index is 0.00000420. The normalized spacial score (nSPS) is 12.0. The zero-order valence-electron chi connectivity index (χ0n) is 18.6. The first kappa shape index (κ1) is 25.4. The molecule has 1 aromatic heterocycles. The van der Waals surface area contributed by atoms with Crippen molar-refractivity contribution in [3.8, 4) is 0 Å². The van der Waals surface area contributed by atoms with Crippen LogP contribution >= 0.6 is 24.0 Å². The molecule has 0 aliphatic heterocycles. The minimum Gasteiger partial charge on any atom is -0.443 e. The summed E-state index contributed by atoms with van der Waals surface area (Å²) >= 11 is 0. The van der Waals surface area contributed by atoms with Crippen LogP contribution in [0.2, 0.25) is 0 Å². The maximum atomic E-state index is 5.83. The van der Waals surface area contributed by atoms with Crippen LogP contribution in [0.15, 0.2) is 39.9 Å². The van der Waals surface area contributed by atoms with Crippen molar-refractivity contribution in [2.24, 2.45) is 4.99 Å². The fraction of sp³-hybridized carbons (Fsp3) is 0.545. The highest BCUT2D eigenvalue weighted by atomic mass is 127. The fourth-order valence-corrected chi connectivity index (χ4v) is 2.87. The topological polar surface area (TPSA) is 65.7 Å². The highest BCUT2D eigenvalue weighted by molar-refractivity contribution is 14.0. The Morgan fingerprint density at radius 3 is 2.24 bits per heavy atom. The number of halogens is 1. The van der Waals surface area contributed by atoms with Gasteiger partial charge in [-0.2, -0.15) is 0 Å². The predicted molar refractivity (Wildman–Crippen MR) is 131 cm³/mol. The van der Waals surface area contributed by atoms with Crippen LogP contribution in [-0.4, -0.2) is 36.0 Å². The van der Waals surface area contributed by atoms with Gasteiger partial charge in [0.2, 0.25) is 5.89 Å². The molecule has 0 atom stereocenters. The van der Waals surface area contributed by atoms with E-state index in [-0.39, 0.29) is 29.4 Å². The van der Waals surface area contributed by atoms with E-state index >= 15 is 0 Å². The third-order valence-electron chi connectivity index (χ3n) is 4.78. The number of oxazole rings is 1. The molecule has 0 saturated carbocycles. The maximum Gasteiger partial charge on any atom is 0.213 e. The minimum absolute atomic E-state index is 0. The largest absolute Gasteiger partial charge is 0.443 e. The van der Waals surface area contributed by atoms with Gasteiger partial charge >= 0.3 is 0 Å². The number of hydrogen-bond donors (Lipinski definition) is 2. The summed E-state index contributed by atoms with van der Waals surface area (Å²) in [5.41, 5.74) is 2.58. The second-order valence-corrected chi connectivity index (χ2v) is 7.88. The third-order valence-corrected chi connectivity index (χ3v) is 4.78. The number of nitrogens with one attached hydrogen (secondary N) is 2. The Morgan fingerprint density at radius 2 is 1.69 bits per heavy atom. The highest BCUT2D eigenvalue weighted by Gasteiger charge is 2.19. The van der Waals surface area contributed by atoms with E-state index in [1.54, 1.807) is 13.2 Å². The number of aromatic nitrogens is 1. The molecule has 0 amide bonds. The van der Waals surface area contributed by atoms with Gasteiger partial charge in [-0.25, -0.2) is 4.98 Å². The number of rotatable bonds is 8. The Kier molecular flexibility index (Phi) is 10.7. The Morgan fingerprint density at radius 1 is 1.07 bits per heavy atom. The van der Waals surface area contributed by atoms with Crippen molar-refractivity contribution in [1.29, 1.82) is 0 Å². The molecule has 0 aliphatic rings. The van der Waals surface area contributed by atoms with Crippen molar-refractivity contribution in [3.63, 3.8) is 0 Å². The van der Waals surface area contributed by atoms with Gasteiger partial charge in [-0.15, -0.1) is 24.0 Å². The second kappa shape index (κ2) is 12.2. The molecule has 29 heavy (non-hydrogen) atoms. The lowest BCUT2D eigenvalue weighted by molar-refractivity contribution is 0.295. The lowest BCUT2D eigenvalue weighted by Crippen LogP contribution is -2.36. The van der Waals surface area contributed by atoms with Crippen LogP contribution < -0.4 is 10.6 Å². The molecule has 2 N–H and O–H groups in total. The lowest BCUT2D eigenvalue weighted by atomic mass is 9.94. The van der Waals surface area contributed by atoms with Crippen LogP contribution in [0.1, 0.15) is 57.4 Å². The molecular formula is C22H36IN5O. The van der Waals surface area contributed by atoms with Crippen LogP contribution in [0.3, 0.4) is 0 Å². The molecule has 1 heterocycles. The average Bonchev–Trinajstić information content (AvgIpc) is 3.16. The summed E-state index contributed by atoms with van der Waals surface area (Å²) in [6, 6.07) is 8.56. The van der Waals surface area contributed by atoms with E-state index in [9.17, 15) is 0 Å². The van der Waals surface area contributed by atoms with Gasteiger partial charge in [0.05, 0.1) is 12.7 Å². The summed E-state index contributed by atoms with van der Waals surface area (Å²) in [7, 11) is 1.77. The first-order valence-electron chi connectivity index (χ1n) is 10.1. The van der Waals surface area contributed by atoms with Gasteiger partial charge < -0.3 is 15.1 Å². The molecule has 0 bridgehead atoms. The molecule has 1 aromatic carbocycles. The Labute approximate surface area is 192 Å². The van der Waals surface area contributed by atoms with Gasteiger partial charge in [0.25, 0.3) is 0 Å². The van der Waals surface area contributed by atoms with Crippen molar-refractivity contribution in [2.45, 2.75) is 59.7 Å². The van der Waals surface area contributed by atoms with Crippen molar-refractivity contribution >= 4 is 29.9 Å². The molecule has 0 unspecified atom stereocenters. The number of hydrogen-bond acceptors (Lipinski definition) is 4. The van der Waals surface area contributed by atoms with E-state index in [1.807, 2.05) is 0 Å². The van der Waals surface area contributed by atoms with E-state index in [2.05, 4.69) is 84.4 Å². The SMILES string of the molecule is CCN(CC)Cc1ccccc1CNC(=NC)NCc1ncc(C(C)(C)C)o1.I. The molecule has 162 valence electrons. The highest BCUT2D eigenvalue weighted by Crippen LogP contribution is 2.22. The molecule has 2 aromatic rings. The first-order valence-corrected chi connectivity index (χ1v) is 10.1. The maximum absolute atomic E-state index is 5.83. The minimum atomic E-state index is -0.0419. The van der Waals surface area contributed by atoms with Crippen LogP contribution in [0.5, 0.6) is 0 Å². The summed E-state index contributed by atoms with van der Waals surface area (Å²) in [4.78, 5) is 11.1. The Bertz CT molecular complexity index is 763. The smallest absolute Gasteiger partial charge is 0.213 e. The van der Waals surface area contributed by atoms with Crippen LogP contribution in [0, 0.1) is 0 Å². The fourth-order valence-electron chi connectivity index (χ4n) is 2.87. The van der Waals surface area contributed by atoms with Crippen molar-refractivity contribution in [1.82, 2.24) is 20.5 Å². The van der Waals surface area contributed by atoms with Crippen molar-refractivity contribution in [3.05, 3.63) is 53.2 Å². The monoisotopic (exact) mass is 513 g/mol. The van der Waals surface area contributed by atoms with Gasteiger partial charge in [-0.1, -0.05) is 58.9 Å². The molecule has 0 radical (unpaired) electrons. The zero-order valence-corrected chi connectivity index (χ0v) is 20.9. The number of benzene rings is 1. The number of aliphatic imine (C=N–C) groups is 1. The van der Waals surface area contributed by atoms with E-state index in [4.69, 9.17) is 4.42 Å². The van der Waals surface area contributed by atoms with E-state index in [0.29, 0.717) is 12.4 Å². The lowest BCUT2D eigenvalue weighted by Gasteiger charge is -2.20. The molecular weight excluding hydrogens is 477 g/mol. The van der Waals surface area contributed by atoms with Gasteiger partial charge in [0, 0.05) is 25.6 Å². The summed E-state index contributed by atoms with van der Waals surface area (Å²) < 4.78 is 5.83. The molecule has 2 rings (SSSR count). The van der Waals surface area contributed by atoms with Gasteiger partial charge in [-0.3, -0.25) is 9.89 Å². The molecule has 0 saturated heterocycles. The molecule has 7 heteroatoms. The quantitative estimate of drug-likeness (QED) is 0.313. The van der Waals surface area contributed by atoms with Crippen LogP contribution in [-0.2, 0) is 25.0 Å². The zero-order chi connectivity index (χ0) is 20.6. The third kappa shape index (κ3) is 7.97. The van der Waals surface area contributed by atoms with E-state index < -0.39 is 0 Å². The van der Waals surface area contributed by atoms with Crippen LogP contribution in [0.25, 0.3) is 0 Å². The summed E-state index contributed by atoms with van der Waals surface area (Å²) in [6.07, 6.45) is 1.80. The number of nitrogens with zero attached hydrogens (tertiary/aromatic N) is 3. The average molecular weight is 513 g/mol. The number of guanidine groups is 1. The summed E-state index contributed by atoms with van der Waals surface area (Å²) in [5.74, 6) is 2.28. The van der Waals surface area contributed by atoms with Gasteiger partial charge in [0.1, 0.15) is 5.76 Å². The first-order chi connectivity index (χ1) is 13.4. The van der Waals surface area contributed by atoms with Crippen molar-refractivity contribution < 1.29 is 4.42 Å². The molecule has 0 spiro atoms. The second-order valence-electron chi connectivity index (χ2n) is 7.88. The van der Waals surface area contributed by atoms with Crippen LogP contribution in [0.4, 0.5) is 0 Å². The molecule has 0 aliphatic carbocycles. The standard InChI is InChI=1S/C22H35N5O.HI/c1-7-27(8-2)16-18-12-10-9-11-17(18)13-25-21(23-6)26-15-20-24-14-19(28-20)22(3,4)5;/h9-12,14H,7-8,13,15-16H2,1-6H3,(H2,23,25,26);1H. The molecule has 6 nitrogen and oxygen atoms in total. The summed E-state index contributed by atoms with van der Waals surface area (Å²) in [5, 5.41) is 6.67. The van der Waals surface area contributed by atoms with E-state index in [0.717, 1.165) is 37.9 Å². The van der Waals surface area contributed by atoms with Crippen molar-refractivity contribution in [2.75, 3.05) is 20.1 Å². The predicted octanol–water partition coefficient (Wildman–Crippen LogP) is 4.30. The Hall–Kier alpha value is -1.61. The summed E-state index contributed by atoms with van der Waals surface area (Å²) in [6.45, 7) is 15.0.